The minimum absolute atomic E-state index is 0.123. The average molecular weight is 384 g/mol. The van der Waals surface area contributed by atoms with E-state index in [2.05, 4.69) is 36.1 Å². The molecule has 1 aromatic carbocycles. The standard InChI is InChI=1S/C21H28N4O3/c1-21(2,3)19-22-11-16(12-23-19)24-20(26)25-7-6-14(13-25)15-8-17(27-4)10-18(9-15)28-5/h8-12,14H,6-7,13H2,1-5H3,(H,24,26). The Balaban J connectivity index is 1.64. The molecule has 1 aliphatic heterocycles. The largest absolute Gasteiger partial charge is 0.497 e. The summed E-state index contributed by atoms with van der Waals surface area (Å²) in [6.45, 7) is 7.50. The molecule has 1 N–H and O–H groups in total. The maximum absolute atomic E-state index is 12.6. The van der Waals surface area contributed by atoms with Gasteiger partial charge in [-0.15, -0.1) is 0 Å². The molecule has 2 aromatic rings. The third kappa shape index (κ3) is 4.52. The van der Waals surface area contributed by atoms with E-state index in [9.17, 15) is 4.79 Å². The number of nitrogens with one attached hydrogen (secondary N) is 1. The van der Waals surface area contributed by atoms with Crippen molar-refractivity contribution in [1.29, 1.82) is 0 Å². The van der Waals surface area contributed by atoms with E-state index in [1.807, 2.05) is 23.1 Å². The molecule has 1 aliphatic rings. The fraction of sp³-hybridized carbons (Fsp3) is 0.476. The van der Waals surface area contributed by atoms with Gasteiger partial charge in [0.25, 0.3) is 0 Å². The van der Waals surface area contributed by atoms with Crippen molar-refractivity contribution in [3.8, 4) is 11.5 Å². The number of hydrogen-bond acceptors (Lipinski definition) is 5. The predicted molar refractivity (Wildman–Crippen MR) is 108 cm³/mol. The lowest BCUT2D eigenvalue weighted by Gasteiger charge is -2.19. The van der Waals surface area contributed by atoms with Crippen LogP contribution in [0, 0.1) is 0 Å². The van der Waals surface area contributed by atoms with Crippen molar-refractivity contribution in [2.75, 3.05) is 32.6 Å². The van der Waals surface area contributed by atoms with Gasteiger partial charge in [-0.1, -0.05) is 20.8 Å². The Morgan fingerprint density at radius 1 is 1.11 bits per heavy atom. The Hall–Kier alpha value is -2.83. The molecule has 1 saturated heterocycles. The van der Waals surface area contributed by atoms with Crippen molar-refractivity contribution >= 4 is 11.7 Å². The van der Waals surface area contributed by atoms with Crippen molar-refractivity contribution in [2.45, 2.75) is 38.5 Å². The first-order valence-corrected chi connectivity index (χ1v) is 9.41. The zero-order chi connectivity index (χ0) is 20.3. The number of urea groups is 1. The van der Waals surface area contributed by atoms with Crippen molar-refractivity contribution in [3.63, 3.8) is 0 Å². The van der Waals surface area contributed by atoms with E-state index in [4.69, 9.17) is 9.47 Å². The van der Waals surface area contributed by atoms with Gasteiger partial charge in [0.05, 0.1) is 32.3 Å². The highest BCUT2D eigenvalue weighted by Gasteiger charge is 2.28. The molecule has 0 aliphatic carbocycles. The lowest BCUT2D eigenvalue weighted by atomic mass is 9.96. The third-order valence-corrected chi connectivity index (χ3v) is 4.89. The molecule has 1 atom stereocenters. The molecule has 3 rings (SSSR count). The number of ether oxygens (including phenoxy) is 2. The molecule has 28 heavy (non-hydrogen) atoms. The summed E-state index contributed by atoms with van der Waals surface area (Å²) in [7, 11) is 3.28. The van der Waals surface area contributed by atoms with Crippen LogP contribution in [0.5, 0.6) is 11.5 Å². The van der Waals surface area contributed by atoms with Gasteiger partial charge in [0.1, 0.15) is 17.3 Å². The Labute approximate surface area is 166 Å². The van der Waals surface area contributed by atoms with Crippen LogP contribution in [0.3, 0.4) is 0 Å². The number of rotatable bonds is 4. The number of carbonyl (C=O) groups is 1. The van der Waals surface area contributed by atoms with Crippen LogP contribution in [-0.4, -0.2) is 48.2 Å². The third-order valence-electron chi connectivity index (χ3n) is 4.89. The van der Waals surface area contributed by atoms with E-state index in [1.54, 1.807) is 26.6 Å². The summed E-state index contributed by atoms with van der Waals surface area (Å²) in [5.74, 6) is 2.51. The summed E-state index contributed by atoms with van der Waals surface area (Å²) < 4.78 is 10.7. The summed E-state index contributed by atoms with van der Waals surface area (Å²) in [5.41, 5.74) is 1.59. The molecule has 7 nitrogen and oxygen atoms in total. The van der Waals surface area contributed by atoms with Gasteiger partial charge in [-0.25, -0.2) is 14.8 Å². The number of anilines is 1. The fourth-order valence-electron chi connectivity index (χ4n) is 3.26. The molecule has 2 amide bonds. The van der Waals surface area contributed by atoms with Gasteiger partial charge in [-0.05, 0) is 24.1 Å². The van der Waals surface area contributed by atoms with Crippen molar-refractivity contribution in [2.24, 2.45) is 0 Å². The van der Waals surface area contributed by atoms with Gasteiger partial charge >= 0.3 is 6.03 Å². The quantitative estimate of drug-likeness (QED) is 0.867. The normalized spacial score (nSPS) is 16.8. The first kappa shape index (κ1) is 19.9. The maximum atomic E-state index is 12.6. The monoisotopic (exact) mass is 384 g/mol. The van der Waals surface area contributed by atoms with Crippen LogP contribution < -0.4 is 14.8 Å². The van der Waals surface area contributed by atoms with E-state index < -0.39 is 0 Å². The number of hydrogen-bond donors (Lipinski definition) is 1. The Kier molecular flexibility index (Phi) is 5.72. The van der Waals surface area contributed by atoms with Crippen LogP contribution in [0.1, 0.15) is 44.5 Å². The molecule has 0 spiro atoms. The highest BCUT2D eigenvalue weighted by molar-refractivity contribution is 5.89. The summed E-state index contributed by atoms with van der Waals surface area (Å²) in [4.78, 5) is 23.2. The molecular formula is C21H28N4O3. The van der Waals surface area contributed by atoms with Gasteiger partial charge in [-0.2, -0.15) is 0 Å². The zero-order valence-electron chi connectivity index (χ0n) is 17.2. The van der Waals surface area contributed by atoms with Gasteiger partial charge in [0, 0.05) is 30.5 Å². The number of carbonyl (C=O) groups excluding carboxylic acids is 1. The van der Waals surface area contributed by atoms with Crippen LogP contribution in [0.25, 0.3) is 0 Å². The number of nitrogens with zero attached hydrogens (tertiary/aromatic N) is 3. The summed E-state index contributed by atoms with van der Waals surface area (Å²) in [6, 6.07) is 5.73. The molecule has 1 fully saturated rings. The average Bonchev–Trinajstić information content (AvgIpc) is 3.17. The smallest absolute Gasteiger partial charge is 0.321 e. The first-order valence-electron chi connectivity index (χ1n) is 9.41. The molecule has 150 valence electrons. The maximum Gasteiger partial charge on any atom is 0.321 e. The van der Waals surface area contributed by atoms with E-state index in [-0.39, 0.29) is 17.4 Å². The highest BCUT2D eigenvalue weighted by Crippen LogP contribution is 2.33. The zero-order valence-corrected chi connectivity index (χ0v) is 17.2. The van der Waals surface area contributed by atoms with Crippen LogP contribution in [0.15, 0.2) is 30.6 Å². The van der Waals surface area contributed by atoms with Crippen molar-refractivity contribution in [1.82, 2.24) is 14.9 Å². The van der Waals surface area contributed by atoms with Crippen LogP contribution in [-0.2, 0) is 5.41 Å². The predicted octanol–water partition coefficient (Wildman–Crippen LogP) is 3.81. The molecule has 2 heterocycles. The molecule has 1 unspecified atom stereocenters. The molecule has 0 radical (unpaired) electrons. The lowest BCUT2D eigenvalue weighted by Crippen LogP contribution is -2.33. The van der Waals surface area contributed by atoms with Crippen molar-refractivity contribution in [3.05, 3.63) is 42.0 Å². The minimum Gasteiger partial charge on any atom is -0.497 e. The van der Waals surface area contributed by atoms with E-state index in [0.29, 0.717) is 18.8 Å². The number of benzene rings is 1. The van der Waals surface area contributed by atoms with Gasteiger partial charge in [-0.3, -0.25) is 0 Å². The number of aromatic nitrogens is 2. The summed E-state index contributed by atoms with van der Waals surface area (Å²) >= 11 is 0. The van der Waals surface area contributed by atoms with Crippen LogP contribution in [0.4, 0.5) is 10.5 Å². The minimum atomic E-state index is -0.135. The molecule has 1 aromatic heterocycles. The van der Waals surface area contributed by atoms with Gasteiger partial charge < -0.3 is 19.7 Å². The van der Waals surface area contributed by atoms with E-state index in [0.717, 1.165) is 29.3 Å². The summed E-state index contributed by atoms with van der Waals surface area (Å²) in [6.07, 6.45) is 4.21. The first-order chi connectivity index (χ1) is 13.3. The number of amides is 2. The Bertz CT molecular complexity index is 808. The van der Waals surface area contributed by atoms with Gasteiger partial charge in [0.15, 0.2) is 0 Å². The van der Waals surface area contributed by atoms with Gasteiger partial charge in [0.2, 0.25) is 0 Å². The second kappa shape index (κ2) is 8.04. The second-order valence-corrected chi connectivity index (χ2v) is 8.05. The Morgan fingerprint density at radius 3 is 2.25 bits per heavy atom. The van der Waals surface area contributed by atoms with Crippen molar-refractivity contribution < 1.29 is 14.3 Å². The molecule has 0 bridgehead atoms. The highest BCUT2D eigenvalue weighted by atomic mass is 16.5. The lowest BCUT2D eigenvalue weighted by molar-refractivity contribution is 0.222. The SMILES string of the molecule is COc1cc(OC)cc(C2CCN(C(=O)Nc3cnc(C(C)(C)C)nc3)C2)c1. The summed E-state index contributed by atoms with van der Waals surface area (Å²) in [5, 5.41) is 2.89. The molecular weight excluding hydrogens is 356 g/mol. The molecule has 7 heteroatoms. The topological polar surface area (TPSA) is 76.6 Å². The van der Waals surface area contributed by atoms with Crippen LogP contribution >= 0.6 is 0 Å². The Morgan fingerprint density at radius 2 is 1.71 bits per heavy atom. The van der Waals surface area contributed by atoms with E-state index >= 15 is 0 Å². The van der Waals surface area contributed by atoms with Crippen LogP contribution in [0.2, 0.25) is 0 Å². The fourth-order valence-corrected chi connectivity index (χ4v) is 3.26. The van der Waals surface area contributed by atoms with E-state index in [1.165, 1.54) is 0 Å². The number of likely N-dealkylation sites (tertiary alicyclic amines) is 1. The molecule has 0 saturated carbocycles. The second-order valence-electron chi connectivity index (χ2n) is 8.05. The number of methoxy groups -OCH3 is 2.